The fourth-order valence-electron chi connectivity index (χ4n) is 4.37. The smallest absolute Gasteiger partial charge is 0.338 e. The maximum Gasteiger partial charge on any atom is 0.338 e. The van der Waals surface area contributed by atoms with E-state index >= 15 is 0 Å². The Morgan fingerprint density at radius 2 is 1.54 bits per heavy atom. The van der Waals surface area contributed by atoms with E-state index in [0.29, 0.717) is 28.7 Å². The number of amides is 1. The first-order valence-corrected chi connectivity index (χ1v) is 14.1. The van der Waals surface area contributed by atoms with Gasteiger partial charge in [-0.25, -0.2) is 14.8 Å². The molecule has 200 valence electrons. The van der Waals surface area contributed by atoms with Crippen molar-refractivity contribution in [1.82, 2.24) is 5.43 Å². The van der Waals surface area contributed by atoms with Crippen molar-refractivity contribution in [3.05, 3.63) is 59.1 Å². The van der Waals surface area contributed by atoms with E-state index in [4.69, 9.17) is 16.3 Å². The number of nitrogens with one attached hydrogen (secondary N) is 1. The average Bonchev–Trinajstić information content (AvgIpc) is 3.28. The maximum atomic E-state index is 12.5. The summed E-state index contributed by atoms with van der Waals surface area (Å²) in [6, 6.07) is 14.2. The fraction of sp³-hybridized carbons (Fsp3) is 0.500. The summed E-state index contributed by atoms with van der Waals surface area (Å²) in [7, 11) is 0. The molecule has 2 aromatic carbocycles. The third kappa shape index (κ3) is 9.84. The number of rotatable bonds is 16. The normalized spacial score (nSPS) is 14.3. The zero-order valence-corrected chi connectivity index (χ0v) is 22.8. The SMILES string of the molecule is CCCCCCCCCCCCCCOC(=O)c1ccc(Cl)c(N=C2CC(=O)N(c3ccccc3)N2)c1. The number of para-hydroxylation sites is 1. The highest BCUT2D eigenvalue weighted by atomic mass is 35.5. The Labute approximate surface area is 226 Å². The molecule has 0 aliphatic carbocycles. The third-order valence-corrected chi connectivity index (χ3v) is 6.81. The molecule has 0 atom stereocenters. The van der Waals surface area contributed by atoms with E-state index in [2.05, 4.69) is 17.3 Å². The fourth-order valence-corrected chi connectivity index (χ4v) is 4.53. The number of hydrogen-bond donors (Lipinski definition) is 1. The van der Waals surface area contributed by atoms with Crippen molar-refractivity contribution in [2.45, 2.75) is 90.4 Å². The minimum atomic E-state index is -0.387. The summed E-state index contributed by atoms with van der Waals surface area (Å²) in [5.41, 5.74) is 4.57. The quantitative estimate of drug-likeness (QED) is 0.177. The Bertz CT molecular complexity index is 1030. The molecule has 3 rings (SSSR count). The van der Waals surface area contributed by atoms with E-state index in [1.807, 2.05) is 30.3 Å². The van der Waals surface area contributed by atoms with Gasteiger partial charge in [0.2, 0.25) is 0 Å². The second kappa shape index (κ2) is 16.1. The van der Waals surface area contributed by atoms with E-state index in [-0.39, 0.29) is 18.3 Å². The van der Waals surface area contributed by atoms with Crippen LogP contribution in [0.4, 0.5) is 11.4 Å². The largest absolute Gasteiger partial charge is 0.462 e. The molecule has 0 aromatic heterocycles. The lowest BCUT2D eigenvalue weighted by molar-refractivity contribution is -0.116. The molecular formula is C30H40ClN3O3. The van der Waals surface area contributed by atoms with Crippen molar-refractivity contribution < 1.29 is 14.3 Å². The highest BCUT2D eigenvalue weighted by molar-refractivity contribution is 6.33. The lowest BCUT2D eigenvalue weighted by atomic mass is 10.1. The number of aliphatic imine (C=N–C) groups is 1. The van der Waals surface area contributed by atoms with Crippen LogP contribution >= 0.6 is 11.6 Å². The maximum absolute atomic E-state index is 12.5. The number of benzene rings is 2. The number of halogens is 1. The Morgan fingerprint density at radius 1 is 0.919 bits per heavy atom. The van der Waals surface area contributed by atoms with Gasteiger partial charge in [-0.05, 0) is 36.8 Å². The van der Waals surface area contributed by atoms with Gasteiger partial charge in [-0.1, -0.05) is 107 Å². The first-order chi connectivity index (χ1) is 18.1. The number of ether oxygens (including phenoxy) is 1. The predicted molar refractivity (Wildman–Crippen MR) is 152 cm³/mol. The molecular weight excluding hydrogens is 486 g/mol. The Balaban J connectivity index is 1.37. The summed E-state index contributed by atoms with van der Waals surface area (Å²) in [5.74, 6) is -0.0284. The van der Waals surface area contributed by atoms with Crippen LogP contribution in [0.1, 0.15) is 101 Å². The Morgan fingerprint density at radius 3 is 2.19 bits per heavy atom. The summed E-state index contributed by atoms with van der Waals surface area (Å²) in [6.07, 6.45) is 15.3. The number of amidine groups is 1. The van der Waals surface area contributed by atoms with Crippen molar-refractivity contribution in [2.75, 3.05) is 11.6 Å². The molecule has 1 N–H and O–H groups in total. The van der Waals surface area contributed by atoms with Gasteiger partial charge in [-0.15, -0.1) is 0 Å². The molecule has 0 saturated carbocycles. The number of carbonyl (C=O) groups is 2. The topological polar surface area (TPSA) is 71.0 Å². The molecule has 1 aliphatic rings. The zero-order valence-electron chi connectivity index (χ0n) is 22.0. The Hall–Kier alpha value is -2.86. The number of hydrazine groups is 1. The van der Waals surface area contributed by atoms with Gasteiger partial charge in [-0.3, -0.25) is 10.2 Å². The van der Waals surface area contributed by atoms with Crippen molar-refractivity contribution in [1.29, 1.82) is 0 Å². The number of esters is 1. The van der Waals surface area contributed by atoms with Crippen molar-refractivity contribution in [3.8, 4) is 0 Å². The molecule has 2 aromatic rings. The number of carbonyl (C=O) groups excluding carboxylic acids is 2. The van der Waals surface area contributed by atoms with Gasteiger partial charge >= 0.3 is 5.97 Å². The van der Waals surface area contributed by atoms with Crippen molar-refractivity contribution in [3.63, 3.8) is 0 Å². The van der Waals surface area contributed by atoms with E-state index in [1.54, 1.807) is 18.2 Å². The van der Waals surface area contributed by atoms with E-state index in [9.17, 15) is 9.59 Å². The third-order valence-electron chi connectivity index (χ3n) is 6.49. The first kappa shape index (κ1) is 28.7. The van der Waals surface area contributed by atoms with E-state index in [1.165, 1.54) is 69.2 Å². The summed E-state index contributed by atoms with van der Waals surface area (Å²) >= 11 is 6.32. The van der Waals surface area contributed by atoms with Crippen LogP contribution in [0, 0.1) is 0 Å². The molecule has 1 amide bonds. The number of anilines is 1. The average molecular weight is 526 g/mol. The van der Waals surface area contributed by atoms with Crippen LogP contribution in [-0.4, -0.2) is 24.3 Å². The highest BCUT2D eigenvalue weighted by Gasteiger charge is 2.27. The van der Waals surface area contributed by atoms with E-state index < -0.39 is 0 Å². The Kier molecular flexibility index (Phi) is 12.5. The molecule has 0 unspecified atom stereocenters. The van der Waals surface area contributed by atoms with Gasteiger partial charge in [0, 0.05) is 0 Å². The predicted octanol–water partition coefficient (Wildman–Crippen LogP) is 8.17. The summed E-state index contributed by atoms with van der Waals surface area (Å²) < 4.78 is 5.47. The molecule has 0 bridgehead atoms. The minimum Gasteiger partial charge on any atom is -0.462 e. The summed E-state index contributed by atoms with van der Waals surface area (Å²) in [4.78, 5) is 29.5. The monoisotopic (exact) mass is 525 g/mol. The van der Waals surface area contributed by atoms with Crippen LogP contribution in [0.2, 0.25) is 5.02 Å². The first-order valence-electron chi connectivity index (χ1n) is 13.8. The molecule has 0 radical (unpaired) electrons. The van der Waals surface area contributed by atoms with Crippen LogP contribution < -0.4 is 10.4 Å². The van der Waals surface area contributed by atoms with Gasteiger partial charge in [0.25, 0.3) is 5.91 Å². The number of hydrogen-bond acceptors (Lipinski definition) is 4. The lowest BCUT2D eigenvalue weighted by Crippen LogP contribution is -2.35. The minimum absolute atomic E-state index is 0.112. The molecule has 37 heavy (non-hydrogen) atoms. The molecule has 1 fully saturated rings. The molecule has 6 nitrogen and oxygen atoms in total. The van der Waals surface area contributed by atoms with Crippen LogP contribution in [0.3, 0.4) is 0 Å². The highest BCUT2D eigenvalue weighted by Crippen LogP contribution is 2.28. The summed E-state index contributed by atoms with van der Waals surface area (Å²) in [5, 5.41) is 1.86. The van der Waals surface area contributed by atoms with Gasteiger partial charge in [0.05, 0.1) is 35.0 Å². The van der Waals surface area contributed by atoms with Crippen molar-refractivity contribution >= 4 is 40.7 Å². The second-order valence-electron chi connectivity index (χ2n) is 9.60. The second-order valence-corrected chi connectivity index (χ2v) is 10.0. The van der Waals surface area contributed by atoms with Crippen LogP contribution in [0.25, 0.3) is 0 Å². The summed E-state index contributed by atoms with van der Waals surface area (Å²) in [6.45, 7) is 2.66. The molecule has 0 spiro atoms. The van der Waals surface area contributed by atoms with E-state index in [0.717, 1.165) is 18.5 Å². The zero-order chi connectivity index (χ0) is 26.3. The van der Waals surface area contributed by atoms with Gasteiger partial charge in [0.15, 0.2) is 0 Å². The van der Waals surface area contributed by atoms with Gasteiger partial charge < -0.3 is 4.74 Å². The molecule has 7 heteroatoms. The van der Waals surface area contributed by atoms with Crippen molar-refractivity contribution in [2.24, 2.45) is 4.99 Å². The molecule has 1 heterocycles. The number of nitrogens with zero attached hydrogens (tertiary/aromatic N) is 2. The molecule has 1 saturated heterocycles. The lowest BCUT2D eigenvalue weighted by Gasteiger charge is -2.15. The van der Waals surface area contributed by atoms with Gasteiger partial charge in [-0.2, -0.15) is 0 Å². The van der Waals surface area contributed by atoms with Gasteiger partial charge in [0.1, 0.15) is 5.84 Å². The standard InChI is InChI=1S/C30H40ClN3O3/c1-2-3-4-5-6-7-8-9-10-11-12-16-21-37-30(36)24-19-20-26(31)27(22-24)32-28-23-29(35)34(33-28)25-17-14-13-15-18-25/h13-15,17-20,22H,2-12,16,21,23H2,1H3,(H,32,33). The molecule has 1 aliphatic heterocycles. The van der Waals surface area contributed by atoms with Crippen LogP contribution in [0.15, 0.2) is 53.5 Å². The van der Waals surface area contributed by atoms with Crippen LogP contribution in [0.5, 0.6) is 0 Å². The van der Waals surface area contributed by atoms with Crippen LogP contribution in [-0.2, 0) is 9.53 Å². The number of unbranched alkanes of at least 4 members (excludes halogenated alkanes) is 11.